The first kappa shape index (κ1) is 17.6. The number of hydrogen-bond donors (Lipinski definition) is 2. The minimum Gasteiger partial charge on any atom is -0.384 e. The Balaban J connectivity index is 1.32. The van der Waals surface area contributed by atoms with Gasteiger partial charge in [0.2, 0.25) is 5.95 Å². The average molecular weight is 360 g/mol. The summed E-state index contributed by atoms with van der Waals surface area (Å²) in [4.78, 5) is 11.1. The largest absolute Gasteiger partial charge is 0.384 e. The van der Waals surface area contributed by atoms with E-state index in [0.29, 0.717) is 19.0 Å². The molecule has 1 aliphatic heterocycles. The van der Waals surface area contributed by atoms with Crippen LogP contribution in [0.15, 0.2) is 73.1 Å². The van der Waals surface area contributed by atoms with Crippen molar-refractivity contribution in [3.63, 3.8) is 0 Å². The molecule has 1 aromatic heterocycles. The van der Waals surface area contributed by atoms with Crippen LogP contribution in [0.4, 0.5) is 5.95 Å². The Kier molecular flexibility index (Phi) is 5.14. The van der Waals surface area contributed by atoms with Crippen LogP contribution in [0.1, 0.15) is 23.1 Å². The van der Waals surface area contributed by atoms with E-state index in [9.17, 15) is 5.11 Å². The van der Waals surface area contributed by atoms with E-state index >= 15 is 0 Å². The van der Waals surface area contributed by atoms with Crippen molar-refractivity contribution in [2.24, 2.45) is 0 Å². The number of aliphatic hydroxyl groups is 1. The zero-order valence-corrected chi connectivity index (χ0v) is 15.3. The van der Waals surface area contributed by atoms with Crippen LogP contribution in [0.5, 0.6) is 0 Å². The maximum absolute atomic E-state index is 11.0. The number of nitrogens with zero attached hydrogens (tertiary/aromatic N) is 3. The van der Waals surface area contributed by atoms with Crippen molar-refractivity contribution in [1.29, 1.82) is 0 Å². The summed E-state index contributed by atoms with van der Waals surface area (Å²) in [5.41, 5.74) is 2.48. The molecule has 2 N–H and O–H groups in total. The number of nitrogens with one attached hydrogen (secondary N) is 1. The third kappa shape index (κ3) is 4.32. The average Bonchev–Trinajstić information content (AvgIpc) is 3.11. The lowest BCUT2D eigenvalue weighted by atomic mass is 9.93. The fraction of sp³-hybridized carbons (Fsp3) is 0.273. The van der Waals surface area contributed by atoms with Gasteiger partial charge in [-0.1, -0.05) is 60.7 Å². The van der Waals surface area contributed by atoms with E-state index in [-0.39, 0.29) is 0 Å². The highest BCUT2D eigenvalue weighted by atomic mass is 16.3. The molecule has 27 heavy (non-hydrogen) atoms. The third-order valence-corrected chi connectivity index (χ3v) is 5.04. The maximum Gasteiger partial charge on any atom is 0.222 e. The van der Waals surface area contributed by atoms with Gasteiger partial charge in [0.1, 0.15) is 5.60 Å². The van der Waals surface area contributed by atoms with Gasteiger partial charge in [-0.3, -0.25) is 4.90 Å². The van der Waals surface area contributed by atoms with E-state index in [1.165, 1.54) is 5.56 Å². The van der Waals surface area contributed by atoms with Gasteiger partial charge in [-0.05, 0) is 17.5 Å². The minimum atomic E-state index is -0.765. The van der Waals surface area contributed by atoms with Gasteiger partial charge in [0, 0.05) is 44.1 Å². The number of hydrogen-bond acceptors (Lipinski definition) is 5. The van der Waals surface area contributed by atoms with E-state index in [4.69, 9.17) is 0 Å². The predicted molar refractivity (Wildman–Crippen MR) is 106 cm³/mol. The summed E-state index contributed by atoms with van der Waals surface area (Å²) in [6.45, 7) is 2.94. The molecule has 0 bridgehead atoms. The SMILES string of the molecule is O[C@@]1(c2ccccc2)CCN(Cc2cnc(NCc3ccccc3)nc2)C1. The molecule has 0 radical (unpaired) electrons. The minimum absolute atomic E-state index is 0.629. The Hall–Kier alpha value is -2.76. The lowest BCUT2D eigenvalue weighted by Gasteiger charge is -2.24. The van der Waals surface area contributed by atoms with Crippen LogP contribution in [-0.4, -0.2) is 33.1 Å². The summed E-state index contributed by atoms with van der Waals surface area (Å²) in [7, 11) is 0. The molecule has 2 aromatic carbocycles. The van der Waals surface area contributed by atoms with Gasteiger partial charge in [0.25, 0.3) is 0 Å². The summed E-state index contributed by atoms with van der Waals surface area (Å²) >= 11 is 0. The van der Waals surface area contributed by atoms with E-state index < -0.39 is 5.60 Å². The van der Waals surface area contributed by atoms with Crippen LogP contribution in [0.2, 0.25) is 0 Å². The number of likely N-dealkylation sites (tertiary alicyclic amines) is 1. The number of benzene rings is 2. The molecule has 4 rings (SSSR count). The second-order valence-corrected chi connectivity index (χ2v) is 7.11. The van der Waals surface area contributed by atoms with Gasteiger partial charge in [-0.2, -0.15) is 0 Å². The fourth-order valence-corrected chi connectivity index (χ4v) is 3.55. The van der Waals surface area contributed by atoms with Crippen LogP contribution in [-0.2, 0) is 18.7 Å². The van der Waals surface area contributed by atoms with E-state index in [2.05, 4.69) is 32.3 Å². The quantitative estimate of drug-likeness (QED) is 0.707. The summed E-state index contributed by atoms with van der Waals surface area (Å²) in [5.74, 6) is 0.629. The second-order valence-electron chi connectivity index (χ2n) is 7.11. The van der Waals surface area contributed by atoms with Crippen molar-refractivity contribution in [1.82, 2.24) is 14.9 Å². The summed E-state index contributed by atoms with van der Waals surface area (Å²) in [5, 5.41) is 14.2. The summed E-state index contributed by atoms with van der Waals surface area (Å²) in [6, 6.07) is 20.1. The van der Waals surface area contributed by atoms with Gasteiger partial charge in [-0.25, -0.2) is 9.97 Å². The third-order valence-electron chi connectivity index (χ3n) is 5.04. The highest BCUT2D eigenvalue weighted by Gasteiger charge is 2.37. The van der Waals surface area contributed by atoms with Crippen molar-refractivity contribution in [2.45, 2.75) is 25.1 Å². The Morgan fingerprint density at radius 3 is 2.30 bits per heavy atom. The van der Waals surface area contributed by atoms with Gasteiger partial charge in [0.05, 0.1) is 0 Å². The van der Waals surface area contributed by atoms with Crippen LogP contribution in [0, 0.1) is 0 Å². The van der Waals surface area contributed by atoms with E-state index in [0.717, 1.165) is 30.6 Å². The molecule has 0 unspecified atom stereocenters. The predicted octanol–water partition coefficient (Wildman–Crippen LogP) is 3.18. The molecule has 1 fully saturated rings. The Labute approximate surface area is 159 Å². The smallest absolute Gasteiger partial charge is 0.222 e. The first-order valence-corrected chi connectivity index (χ1v) is 9.30. The van der Waals surface area contributed by atoms with Crippen LogP contribution in [0.3, 0.4) is 0 Å². The first-order chi connectivity index (χ1) is 13.2. The zero-order valence-electron chi connectivity index (χ0n) is 15.3. The van der Waals surface area contributed by atoms with Crippen molar-refractivity contribution in [3.8, 4) is 0 Å². The first-order valence-electron chi connectivity index (χ1n) is 9.30. The molecule has 0 saturated carbocycles. The molecule has 5 nitrogen and oxygen atoms in total. The van der Waals surface area contributed by atoms with Crippen LogP contribution >= 0.6 is 0 Å². The molecule has 138 valence electrons. The maximum atomic E-state index is 11.0. The van der Waals surface area contributed by atoms with Crippen molar-refractivity contribution in [3.05, 3.63) is 89.7 Å². The Morgan fingerprint density at radius 1 is 0.926 bits per heavy atom. The molecule has 5 heteroatoms. The second kappa shape index (κ2) is 7.86. The van der Waals surface area contributed by atoms with Crippen molar-refractivity contribution >= 4 is 5.95 Å². The van der Waals surface area contributed by atoms with Gasteiger partial charge >= 0.3 is 0 Å². The number of β-amino-alcohol motifs (C(OH)–C–C–N with tert-alkyl or cyclic N) is 1. The van der Waals surface area contributed by atoms with E-state index in [1.54, 1.807) is 0 Å². The highest BCUT2D eigenvalue weighted by molar-refractivity contribution is 5.28. The molecule has 1 saturated heterocycles. The normalized spacial score (nSPS) is 19.9. The molecule has 1 atom stereocenters. The van der Waals surface area contributed by atoms with Gasteiger partial charge in [0.15, 0.2) is 0 Å². The molecular weight excluding hydrogens is 336 g/mol. The van der Waals surface area contributed by atoms with Gasteiger partial charge in [-0.15, -0.1) is 0 Å². The number of anilines is 1. The summed E-state index contributed by atoms with van der Waals surface area (Å²) < 4.78 is 0. The van der Waals surface area contributed by atoms with Crippen LogP contribution in [0.25, 0.3) is 0 Å². The lowest BCUT2D eigenvalue weighted by Crippen LogP contribution is -2.30. The van der Waals surface area contributed by atoms with Crippen molar-refractivity contribution in [2.75, 3.05) is 18.4 Å². The lowest BCUT2D eigenvalue weighted by molar-refractivity contribution is 0.0453. The topological polar surface area (TPSA) is 61.3 Å². The monoisotopic (exact) mass is 360 g/mol. The number of rotatable bonds is 6. The van der Waals surface area contributed by atoms with Crippen molar-refractivity contribution < 1.29 is 5.11 Å². The fourth-order valence-electron chi connectivity index (χ4n) is 3.55. The molecule has 1 aliphatic rings. The number of aromatic nitrogens is 2. The highest BCUT2D eigenvalue weighted by Crippen LogP contribution is 2.32. The Bertz CT molecular complexity index is 855. The summed E-state index contributed by atoms with van der Waals surface area (Å²) in [6.07, 6.45) is 4.47. The molecule has 0 amide bonds. The molecule has 2 heterocycles. The van der Waals surface area contributed by atoms with Gasteiger partial charge < -0.3 is 10.4 Å². The molecule has 0 aliphatic carbocycles. The molecule has 3 aromatic rings. The van der Waals surface area contributed by atoms with Crippen LogP contribution < -0.4 is 5.32 Å². The molecular formula is C22H24N4O. The Morgan fingerprint density at radius 2 is 1.59 bits per heavy atom. The zero-order chi connectivity index (χ0) is 18.5. The standard InChI is InChI=1S/C22H24N4O/c27-22(20-9-5-2-6-10-20)11-12-26(17-22)16-19-14-24-21(25-15-19)23-13-18-7-3-1-4-8-18/h1-10,14-15,27H,11-13,16-17H2,(H,23,24,25)/t22-/m0/s1. The van der Waals surface area contributed by atoms with E-state index in [1.807, 2.05) is 60.9 Å². The molecule has 0 spiro atoms.